The molecule has 0 radical (unpaired) electrons. The molecule has 84 valence electrons. The molecule has 1 fully saturated rings. The minimum atomic E-state index is 0.366. The van der Waals surface area contributed by atoms with E-state index in [1.165, 1.54) is 44.3 Å². The van der Waals surface area contributed by atoms with Crippen molar-refractivity contribution in [3.63, 3.8) is 0 Å². The third kappa shape index (κ3) is 4.22. The van der Waals surface area contributed by atoms with Gasteiger partial charge >= 0.3 is 0 Å². The largest absolute Gasteiger partial charge is 0.300 e. The lowest BCUT2D eigenvalue weighted by Crippen LogP contribution is -2.48. The van der Waals surface area contributed by atoms with E-state index in [0.717, 1.165) is 0 Å². The highest BCUT2D eigenvalue weighted by Crippen LogP contribution is 2.33. The second kappa shape index (κ2) is 6.02. The Kier molecular flexibility index (Phi) is 5.32. The summed E-state index contributed by atoms with van der Waals surface area (Å²) in [5, 5.41) is 3.73. The molecular formula is C12H25NS. The highest BCUT2D eigenvalue weighted by atomic mass is 32.2. The molecule has 2 unspecified atom stereocenters. The topological polar surface area (TPSA) is 12.0 Å². The molecule has 1 rings (SSSR count). The number of thioether (sulfide) groups is 1. The van der Waals surface area contributed by atoms with Gasteiger partial charge in [-0.25, -0.2) is 0 Å². The average Bonchev–Trinajstić information content (AvgIpc) is 2.12. The first-order valence-electron chi connectivity index (χ1n) is 6.08. The molecule has 1 heterocycles. The van der Waals surface area contributed by atoms with E-state index >= 15 is 0 Å². The third-order valence-electron chi connectivity index (χ3n) is 3.03. The molecule has 0 aromatic carbocycles. The molecule has 0 amide bonds. The number of rotatable bonds is 5. The van der Waals surface area contributed by atoms with Crippen LogP contribution in [0.25, 0.3) is 0 Å². The molecule has 0 aromatic rings. The van der Waals surface area contributed by atoms with Gasteiger partial charge in [-0.3, -0.25) is 0 Å². The fourth-order valence-electron chi connectivity index (χ4n) is 2.13. The second-order valence-corrected chi connectivity index (χ2v) is 6.32. The fourth-order valence-corrected chi connectivity index (χ4v) is 3.62. The van der Waals surface area contributed by atoms with E-state index < -0.39 is 0 Å². The van der Waals surface area contributed by atoms with Crippen molar-refractivity contribution in [1.82, 2.24) is 5.32 Å². The van der Waals surface area contributed by atoms with E-state index in [1.54, 1.807) is 0 Å². The summed E-state index contributed by atoms with van der Waals surface area (Å²) in [4.78, 5) is 0.366. The minimum Gasteiger partial charge on any atom is -0.300 e. The highest BCUT2D eigenvalue weighted by molar-refractivity contribution is 8.00. The van der Waals surface area contributed by atoms with Crippen LogP contribution in [-0.4, -0.2) is 16.7 Å². The van der Waals surface area contributed by atoms with Crippen LogP contribution in [0.2, 0.25) is 0 Å². The quantitative estimate of drug-likeness (QED) is 0.700. The van der Waals surface area contributed by atoms with Crippen molar-refractivity contribution in [2.45, 2.75) is 70.2 Å². The van der Waals surface area contributed by atoms with Crippen LogP contribution in [0.15, 0.2) is 0 Å². The van der Waals surface area contributed by atoms with Crippen LogP contribution in [0, 0.1) is 0 Å². The Bertz CT molecular complexity index is 160. The fraction of sp³-hybridized carbons (Fsp3) is 1.00. The molecule has 1 aliphatic rings. The maximum Gasteiger partial charge on any atom is 0.0618 e. The SMILES string of the molecule is CCCCCCC1(C)NC(C)CCS1. The lowest BCUT2D eigenvalue weighted by molar-refractivity contribution is 0.378. The van der Waals surface area contributed by atoms with E-state index in [9.17, 15) is 0 Å². The number of hydrogen-bond donors (Lipinski definition) is 1. The van der Waals surface area contributed by atoms with E-state index in [4.69, 9.17) is 0 Å². The Morgan fingerprint density at radius 3 is 2.79 bits per heavy atom. The van der Waals surface area contributed by atoms with Crippen LogP contribution in [0.4, 0.5) is 0 Å². The summed E-state index contributed by atoms with van der Waals surface area (Å²) < 4.78 is 0. The van der Waals surface area contributed by atoms with Gasteiger partial charge in [0.2, 0.25) is 0 Å². The zero-order valence-electron chi connectivity index (χ0n) is 9.94. The lowest BCUT2D eigenvalue weighted by Gasteiger charge is -2.38. The van der Waals surface area contributed by atoms with Gasteiger partial charge in [0.05, 0.1) is 4.87 Å². The summed E-state index contributed by atoms with van der Waals surface area (Å²) in [6.45, 7) is 6.96. The normalized spacial score (nSPS) is 33.2. The van der Waals surface area contributed by atoms with Gasteiger partial charge in [-0.05, 0) is 32.4 Å². The summed E-state index contributed by atoms with van der Waals surface area (Å²) in [5.74, 6) is 1.33. The van der Waals surface area contributed by atoms with Gasteiger partial charge in [-0.2, -0.15) is 0 Å². The maximum atomic E-state index is 3.73. The molecule has 0 saturated carbocycles. The molecule has 0 bridgehead atoms. The van der Waals surface area contributed by atoms with Crippen molar-refractivity contribution in [3.05, 3.63) is 0 Å². The Morgan fingerprint density at radius 1 is 1.36 bits per heavy atom. The molecule has 2 atom stereocenters. The number of nitrogens with one attached hydrogen (secondary N) is 1. The summed E-state index contributed by atoms with van der Waals surface area (Å²) >= 11 is 2.12. The average molecular weight is 215 g/mol. The van der Waals surface area contributed by atoms with Crippen molar-refractivity contribution in [3.8, 4) is 0 Å². The third-order valence-corrected chi connectivity index (χ3v) is 4.43. The van der Waals surface area contributed by atoms with Gasteiger partial charge in [0.15, 0.2) is 0 Å². The van der Waals surface area contributed by atoms with Crippen molar-refractivity contribution < 1.29 is 0 Å². The Morgan fingerprint density at radius 2 is 2.14 bits per heavy atom. The van der Waals surface area contributed by atoms with Gasteiger partial charge in [-0.1, -0.05) is 32.6 Å². The zero-order chi connectivity index (χ0) is 10.4. The molecular weight excluding hydrogens is 190 g/mol. The van der Waals surface area contributed by atoms with Crippen molar-refractivity contribution in [2.75, 3.05) is 5.75 Å². The van der Waals surface area contributed by atoms with Crippen LogP contribution in [0.5, 0.6) is 0 Å². The van der Waals surface area contributed by atoms with Gasteiger partial charge < -0.3 is 5.32 Å². The van der Waals surface area contributed by atoms with Crippen LogP contribution < -0.4 is 5.32 Å². The minimum absolute atomic E-state index is 0.366. The molecule has 0 spiro atoms. The Labute approximate surface area is 93.4 Å². The first-order chi connectivity index (χ1) is 6.66. The first kappa shape index (κ1) is 12.4. The van der Waals surface area contributed by atoms with Crippen LogP contribution >= 0.6 is 11.8 Å². The Hall–Kier alpha value is 0.310. The van der Waals surface area contributed by atoms with Crippen molar-refractivity contribution >= 4 is 11.8 Å². The van der Waals surface area contributed by atoms with Gasteiger partial charge in [0, 0.05) is 6.04 Å². The molecule has 0 aromatic heterocycles. The monoisotopic (exact) mass is 215 g/mol. The Balaban J connectivity index is 2.19. The van der Waals surface area contributed by atoms with Crippen molar-refractivity contribution in [2.24, 2.45) is 0 Å². The lowest BCUT2D eigenvalue weighted by atomic mass is 10.1. The summed E-state index contributed by atoms with van der Waals surface area (Å²) in [7, 11) is 0. The predicted octanol–water partition coefficient (Wildman–Crippen LogP) is 3.79. The van der Waals surface area contributed by atoms with Gasteiger partial charge in [0.1, 0.15) is 0 Å². The van der Waals surface area contributed by atoms with E-state index in [0.29, 0.717) is 10.9 Å². The summed E-state index contributed by atoms with van der Waals surface area (Å²) in [6.07, 6.45) is 8.20. The zero-order valence-corrected chi connectivity index (χ0v) is 10.8. The smallest absolute Gasteiger partial charge is 0.0618 e. The standard InChI is InChI=1S/C12H25NS/c1-4-5-6-7-9-12(3)13-11(2)8-10-14-12/h11,13H,4-10H2,1-3H3. The number of hydrogen-bond acceptors (Lipinski definition) is 2. The molecule has 1 nitrogen and oxygen atoms in total. The maximum absolute atomic E-state index is 3.73. The van der Waals surface area contributed by atoms with Gasteiger partial charge in [-0.15, -0.1) is 11.8 Å². The molecule has 1 aliphatic heterocycles. The summed E-state index contributed by atoms with van der Waals surface area (Å²) in [5.41, 5.74) is 0. The van der Waals surface area contributed by atoms with Crippen molar-refractivity contribution in [1.29, 1.82) is 0 Å². The second-order valence-electron chi connectivity index (χ2n) is 4.72. The predicted molar refractivity (Wildman–Crippen MR) is 66.8 cm³/mol. The molecule has 2 heteroatoms. The first-order valence-corrected chi connectivity index (χ1v) is 7.06. The van der Waals surface area contributed by atoms with E-state index in [2.05, 4.69) is 37.8 Å². The van der Waals surface area contributed by atoms with Crippen LogP contribution in [-0.2, 0) is 0 Å². The molecule has 0 aliphatic carbocycles. The molecule has 1 N–H and O–H groups in total. The molecule has 14 heavy (non-hydrogen) atoms. The molecule has 1 saturated heterocycles. The number of unbranched alkanes of at least 4 members (excludes halogenated alkanes) is 3. The van der Waals surface area contributed by atoms with E-state index in [1.807, 2.05) is 0 Å². The van der Waals surface area contributed by atoms with Crippen LogP contribution in [0.1, 0.15) is 59.3 Å². The van der Waals surface area contributed by atoms with E-state index in [-0.39, 0.29) is 0 Å². The van der Waals surface area contributed by atoms with Crippen LogP contribution in [0.3, 0.4) is 0 Å². The van der Waals surface area contributed by atoms with Gasteiger partial charge in [0.25, 0.3) is 0 Å². The highest BCUT2D eigenvalue weighted by Gasteiger charge is 2.29. The summed E-state index contributed by atoms with van der Waals surface area (Å²) in [6, 6.07) is 0.715.